The predicted octanol–water partition coefficient (Wildman–Crippen LogP) is 1.19. The smallest absolute Gasteiger partial charge is 0.240 e. The first-order valence-corrected chi connectivity index (χ1v) is 9.26. The van der Waals surface area contributed by atoms with E-state index >= 15 is 0 Å². The van der Waals surface area contributed by atoms with Gasteiger partial charge in [0.25, 0.3) is 0 Å². The van der Waals surface area contributed by atoms with E-state index < -0.39 is 10.0 Å². The Hall–Kier alpha value is -2.85. The molecule has 136 valence electrons. The van der Waals surface area contributed by atoms with Crippen LogP contribution in [0.25, 0.3) is 11.4 Å². The summed E-state index contributed by atoms with van der Waals surface area (Å²) < 4.78 is 33.9. The molecule has 9 nitrogen and oxygen atoms in total. The summed E-state index contributed by atoms with van der Waals surface area (Å²) in [6.45, 7) is 1.47. The van der Waals surface area contributed by atoms with Crippen molar-refractivity contribution in [3.05, 3.63) is 48.1 Å². The number of carbonyl (C=O) groups excluding carboxylic acids is 1. The van der Waals surface area contributed by atoms with Gasteiger partial charge in [0, 0.05) is 31.8 Å². The highest BCUT2D eigenvalue weighted by molar-refractivity contribution is 7.89. The van der Waals surface area contributed by atoms with Gasteiger partial charge < -0.3 is 4.52 Å². The fourth-order valence-electron chi connectivity index (χ4n) is 2.27. The quantitative estimate of drug-likeness (QED) is 0.616. The van der Waals surface area contributed by atoms with Crippen molar-refractivity contribution in [2.24, 2.45) is 7.05 Å². The molecule has 3 aromatic rings. The lowest BCUT2D eigenvalue weighted by atomic mass is 10.2. The number of carbonyl (C=O) groups is 1. The Labute approximate surface area is 150 Å². The standard InChI is InChI=1S/C16H17N5O4S/c1-11(22)12-4-3-5-14(8-12)26(23,24)18-7-6-15-19-16(20-25-15)13-9-17-21(2)10-13/h3-5,8-10,18H,6-7H2,1-2H3. The lowest BCUT2D eigenvalue weighted by molar-refractivity contribution is 0.101. The monoisotopic (exact) mass is 375 g/mol. The molecule has 0 saturated heterocycles. The number of ketones is 1. The molecule has 3 rings (SSSR count). The second kappa shape index (κ2) is 7.18. The summed E-state index contributed by atoms with van der Waals surface area (Å²) in [5.41, 5.74) is 1.05. The van der Waals surface area contributed by atoms with Crippen LogP contribution in [0.2, 0.25) is 0 Å². The highest BCUT2D eigenvalue weighted by Gasteiger charge is 2.16. The summed E-state index contributed by atoms with van der Waals surface area (Å²) in [6, 6.07) is 5.88. The Kier molecular flexibility index (Phi) is 4.96. The van der Waals surface area contributed by atoms with Gasteiger partial charge in [0.15, 0.2) is 5.78 Å². The van der Waals surface area contributed by atoms with Crippen molar-refractivity contribution in [2.75, 3.05) is 6.54 Å². The summed E-state index contributed by atoms with van der Waals surface area (Å²) in [5, 5.41) is 7.88. The first-order chi connectivity index (χ1) is 12.3. The van der Waals surface area contributed by atoms with Gasteiger partial charge in [-0.15, -0.1) is 0 Å². The van der Waals surface area contributed by atoms with Gasteiger partial charge in [0.2, 0.25) is 21.7 Å². The van der Waals surface area contributed by atoms with Crippen LogP contribution >= 0.6 is 0 Å². The molecule has 10 heteroatoms. The lowest BCUT2D eigenvalue weighted by Crippen LogP contribution is -2.26. The zero-order valence-electron chi connectivity index (χ0n) is 14.2. The predicted molar refractivity (Wildman–Crippen MR) is 91.8 cm³/mol. The minimum atomic E-state index is -3.73. The molecule has 0 spiro atoms. The van der Waals surface area contributed by atoms with Crippen molar-refractivity contribution in [3.8, 4) is 11.4 Å². The van der Waals surface area contributed by atoms with E-state index in [4.69, 9.17) is 4.52 Å². The molecule has 0 saturated carbocycles. The number of hydrogen-bond acceptors (Lipinski definition) is 7. The van der Waals surface area contributed by atoms with E-state index in [0.29, 0.717) is 22.8 Å². The van der Waals surface area contributed by atoms with Crippen LogP contribution in [-0.4, -0.2) is 40.7 Å². The Balaban J connectivity index is 1.63. The molecule has 1 N–H and O–H groups in total. The van der Waals surface area contributed by atoms with E-state index in [-0.39, 0.29) is 23.6 Å². The van der Waals surface area contributed by atoms with Crippen molar-refractivity contribution in [1.82, 2.24) is 24.6 Å². The zero-order valence-corrected chi connectivity index (χ0v) is 15.0. The SMILES string of the molecule is CC(=O)c1cccc(S(=O)(=O)NCCc2nc(-c3cnn(C)c3)no2)c1. The molecule has 0 aliphatic rings. The summed E-state index contributed by atoms with van der Waals surface area (Å²) >= 11 is 0. The first kappa shape index (κ1) is 18.0. The van der Waals surface area contributed by atoms with Crippen LogP contribution in [-0.2, 0) is 23.5 Å². The van der Waals surface area contributed by atoms with E-state index in [1.54, 1.807) is 30.2 Å². The molecular formula is C16H17N5O4S. The van der Waals surface area contributed by atoms with Crippen molar-refractivity contribution >= 4 is 15.8 Å². The molecule has 26 heavy (non-hydrogen) atoms. The van der Waals surface area contributed by atoms with Crippen LogP contribution in [0.15, 0.2) is 46.1 Å². The van der Waals surface area contributed by atoms with E-state index in [9.17, 15) is 13.2 Å². The van der Waals surface area contributed by atoms with E-state index in [1.807, 2.05) is 0 Å². The molecule has 2 aromatic heterocycles. The first-order valence-electron chi connectivity index (χ1n) is 7.77. The van der Waals surface area contributed by atoms with Crippen molar-refractivity contribution in [2.45, 2.75) is 18.2 Å². The molecule has 1 aromatic carbocycles. The minimum Gasteiger partial charge on any atom is -0.339 e. The van der Waals surface area contributed by atoms with Crippen molar-refractivity contribution in [1.29, 1.82) is 0 Å². The minimum absolute atomic E-state index is 0.0341. The number of nitrogens with one attached hydrogen (secondary N) is 1. The molecule has 0 unspecified atom stereocenters. The van der Waals surface area contributed by atoms with Gasteiger partial charge in [-0.05, 0) is 19.1 Å². The fraction of sp³-hybridized carbons (Fsp3) is 0.250. The van der Waals surface area contributed by atoms with Gasteiger partial charge in [-0.2, -0.15) is 10.1 Å². The summed E-state index contributed by atoms with van der Waals surface area (Å²) in [5.74, 6) is 0.505. The summed E-state index contributed by atoms with van der Waals surface area (Å²) in [7, 11) is -1.96. The fourth-order valence-corrected chi connectivity index (χ4v) is 3.35. The van der Waals surface area contributed by atoms with Crippen LogP contribution in [0.3, 0.4) is 0 Å². The van der Waals surface area contributed by atoms with Gasteiger partial charge in [0.05, 0.1) is 16.7 Å². The Morgan fingerprint density at radius 2 is 2.15 bits per heavy atom. The molecule has 0 aliphatic carbocycles. The molecule has 2 heterocycles. The van der Waals surface area contributed by atoms with Crippen molar-refractivity contribution < 1.29 is 17.7 Å². The second-order valence-electron chi connectivity index (χ2n) is 5.65. The number of aryl methyl sites for hydroxylation is 1. The molecule has 0 fully saturated rings. The highest BCUT2D eigenvalue weighted by atomic mass is 32.2. The topological polar surface area (TPSA) is 120 Å². The molecule has 0 aliphatic heterocycles. The van der Waals surface area contributed by atoms with Crippen LogP contribution in [0.5, 0.6) is 0 Å². The second-order valence-corrected chi connectivity index (χ2v) is 7.41. The molecule has 0 bridgehead atoms. The van der Waals surface area contributed by atoms with Crippen molar-refractivity contribution in [3.63, 3.8) is 0 Å². The average molecular weight is 375 g/mol. The lowest BCUT2D eigenvalue weighted by Gasteiger charge is -2.06. The van der Waals surface area contributed by atoms with E-state index in [0.717, 1.165) is 0 Å². The number of nitrogens with zero attached hydrogens (tertiary/aromatic N) is 4. The number of aromatic nitrogens is 4. The summed E-state index contributed by atoms with van der Waals surface area (Å²) in [6.07, 6.45) is 3.59. The maximum atomic E-state index is 12.3. The average Bonchev–Trinajstić information content (AvgIpc) is 3.24. The largest absolute Gasteiger partial charge is 0.339 e. The van der Waals surface area contributed by atoms with Gasteiger partial charge in [-0.1, -0.05) is 17.3 Å². The number of rotatable bonds is 7. The third-order valence-electron chi connectivity index (χ3n) is 3.61. The molecule has 0 amide bonds. The normalized spacial score (nSPS) is 11.6. The van der Waals surface area contributed by atoms with E-state index in [1.165, 1.54) is 25.1 Å². The van der Waals surface area contributed by atoms with Gasteiger partial charge in [0.1, 0.15) is 0 Å². The number of sulfonamides is 1. The van der Waals surface area contributed by atoms with Gasteiger partial charge >= 0.3 is 0 Å². The van der Waals surface area contributed by atoms with Gasteiger partial charge in [-0.25, -0.2) is 13.1 Å². The number of benzene rings is 1. The summed E-state index contributed by atoms with van der Waals surface area (Å²) in [4.78, 5) is 15.6. The number of hydrogen-bond donors (Lipinski definition) is 1. The van der Waals surface area contributed by atoms with Gasteiger partial charge in [-0.3, -0.25) is 9.48 Å². The third kappa shape index (κ3) is 4.03. The van der Waals surface area contributed by atoms with Crippen LogP contribution in [0.1, 0.15) is 23.2 Å². The Morgan fingerprint density at radius 3 is 2.85 bits per heavy atom. The maximum absolute atomic E-state index is 12.3. The Bertz CT molecular complexity index is 1040. The number of Topliss-reactive ketones (excluding diaryl/α,β-unsaturated/α-hetero) is 1. The van der Waals surface area contributed by atoms with E-state index in [2.05, 4.69) is 20.0 Å². The maximum Gasteiger partial charge on any atom is 0.240 e. The molecule has 0 radical (unpaired) electrons. The van der Waals surface area contributed by atoms with Crippen LogP contribution in [0.4, 0.5) is 0 Å². The zero-order chi connectivity index (χ0) is 18.7. The van der Waals surface area contributed by atoms with Crippen LogP contribution in [0, 0.1) is 0 Å². The Morgan fingerprint density at radius 1 is 1.35 bits per heavy atom. The molecule has 0 atom stereocenters. The highest BCUT2D eigenvalue weighted by Crippen LogP contribution is 2.15. The third-order valence-corrected chi connectivity index (χ3v) is 5.07. The molecular weight excluding hydrogens is 358 g/mol. The van der Waals surface area contributed by atoms with Crippen LogP contribution < -0.4 is 4.72 Å².